The summed E-state index contributed by atoms with van der Waals surface area (Å²) < 4.78 is 13.9. The van der Waals surface area contributed by atoms with Gasteiger partial charge in [-0.25, -0.2) is 4.39 Å². The van der Waals surface area contributed by atoms with Gasteiger partial charge in [0.2, 0.25) is 0 Å². The first-order chi connectivity index (χ1) is 9.37. The monoisotopic (exact) mass is 291 g/mol. The molecule has 0 aliphatic heterocycles. The van der Waals surface area contributed by atoms with Crippen LogP contribution in [0.25, 0.3) is 0 Å². The van der Waals surface area contributed by atoms with Crippen LogP contribution >= 0.6 is 0 Å². The highest BCUT2D eigenvalue weighted by Gasteiger charge is 2.10. The van der Waals surface area contributed by atoms with Crippen molar-refractivity contribution < 1.29 is 4.39 Å². The Balaban J connectivity index is 3.14. The second-order valence-corrected chi connectivity index (χ2v) is 10.2. The second-order valence-electron chi connectivity index (χ2n) is 5.46. The first kappa shape index (κ1) is 16.4. The van der Waals surface area contributed by atoms with Crippen LogP contribution in [0.5, 0.6) is 0 Å². The molecule has 0 saturated carbocycles. The maximum Gasteiger partial charge on any atom is 0.141 e. The van der Waals surface area contributed by atoms with E-state index in [1.807, 2.05) is 13.8 Å². The molecule has 0 aliphatic carbocycles. The molecule has 5 heteroatoms. The molecule has 3 nitrogen and oxygen atoms in total. The Kier molecular flexibility index (Phi) is 5.90. The van der Waals surface area contributed by atoms with Crippen LogP contribution in [-0.4, -0.2) is 26.2 Å². The third-order valence-electron chi connectivity index (χ3n) is 2.56. The Bertz CT molecular complexity index is 534. The average Bonchev–Trinajstić information content (AvgIpc) is 2.37. The minimum absolute atomic E-state index is 0.339. The van der Waals surface area contributed by atoms with Crippen molar-refractivity contribution in [2.24, 2.45) is 10.3 Å². The van der Waals surface area contributed by atoms with Gasteiger partial charge < -0.3 is 0 Å². The van der Waals surface area contributed by atoms with E-state index in [4.69, 9.17) is 0 Å². The summed E-state index contributed by atoms with van der Waals surface area (Å²) in [5, 5.41) is 10.1. The van der Waals surface area contributed by atoms with Gasteiger partial charge in [0.25, 0.3) is 0 Å². The van der Waals surface area contributed by atoms with Gasteiger partial charge in [0.1, 0.15) is 19.6 Å². The molecule has 1 aromatic rings. The Morgan fingerprint density at radius 3 is 2.40 bits per heavy atom. The molecular weight excluding hydrogens is 269 g/mol. The topological polar surface area (TPSA) is 28.0 Å². The standard InChI is InChI=1S/C15H22FN3Si/c1-6-19(7-2)18-17-15-10-8-9-14(16)13(15)11-12-20(3,4)5/h8-10H,6-7H2,1-5H3. The summed E-state index contributed by atoms with van der Waals surface area (Å²) in [6, 6.07) is 4.78. The third kappa shape index (κ3) is 5.14. The highest BCUT2D eigenvalue weighted by Crippen LogP contribution is 2.22. The van der Waals surface area contributed by atoms with Crippen LogP contribution in [-0.2, 0) is 0 Å². The highest BCUT2D eigenvalue weighted by atomic mass is 28.3. The number of hydrogen-bond acceptors (Lipinski definition) is 2. The van der Waals surface area contributed by atoms with Gasteiger partial charge in [-0.1, -0.05) is 36.9 Å². The molecule has 0 bridgehead atoms. The molecule has 0 atom stereocenters. The minimum atomic E-state index is -1.55. The van der Waals surface area contributed by atoms with Crippen molar-refractivity contribution in [3.8, 4) is 11.5 Å². The predicted octanol–water partition coefficient (Wildman–Crippen LogP) is 4.40. The van der Waals surface area contributed by atoms with Gasteiger partial charge in [-0.2, -0.15) is 0 Å². The molecule has 20 heavy (non-hydrogen) atoms. The molecule has 108 valence electrons. The average molecular weight is 291 g/mol. The Labute approximate surface area is 121 Å². The molecule has 0 heterocycles. The van der Waals surface area contributed by atoms with Crippen molar-refractivity contribution in [2.45, 2.75) is 33.5 Å². The first-order valence-corrected chi connectivity index (χ1v) is 10.4. The van der Waals surface area contributed by atoms with E-state index < -0.39 is 8.07 Å². The Morgan fingerprint density at radius 1 is 1.20 bits per heavy atom. The van der Waals surface area contributed by atoms with Gasteiger partial charge in [0, 0.05) is 13.1 Å². The molecule has 0 spiro atoms. The van der Waals surface area contributed by atoms with E-state index in [0.717, 1.165) is 13.1 Å². The van der Waals surface area contributed by atoms with Gasteiger partial charge in [-0.05, 0) is 26.0 Å². The van der Waals surface area contributed by atoms with Crippen LogP contribution in [0.1, 0.15) is 19.4 Å². The maximum atomic E-state index is 13.9. The lowest BCUT2D eigenvalue weighted by molar-refractivity contribution is 0.300. The van der Waals surface area contributed by atoms with Crippen molar-refractivity contribution in [3.05, 3.63) is 29.6 Å². The van der Waals surface area contributed by atoms with Crippen molar-refractivity contribution in [3.63, 3.8) is 0 Å². The van der Waals surface area contributed by atoms with Crippen LogP contribution in [0.4, 0.5) is 10.1 Å². The maximum absolute atomic E-state index is 13.9. The number of nitrogens with zero attached hydrogens (tertiary/aromatic N) is 3. The molecule has 0 amide bonds. The fourth-order valence-corrected chi connectivity index (χ4v) is 1.93. The van der Waals surface area contributed by atoms with E-state index >= 15 is 0 Å². The summed E-state index contributed by atoms with van der Waals surface area (Å²) in [7, 11) is -1.55. The van der Waals surface area contributed by atoms with E-state index in [-0.39, 0.29) is 5.82 Å². The van der Waals surface area contributed by atoms with E-state index in [2.05, 4.69) is 41.4 Å². The van der Waals surface area contributed by atoms with Crippen molar-refractivity contribution >= 4 is 13.8 Å². The molecule has 0 radical (unpaired) electrons. The highest BCUT2D eigenvalue weighted by molar-refractivity contribution is 6.83. The Hall–Kier alpha value is -1.67. The zero-order chi connectivity index (χ0) is 15.2. The smallest absolute Gasteiger partial charge is 0.141 e. The van der Waals surface area contributed by atoms with Crippen molar-refractivity contribution in [1.29, 1.82) is 0 Å². The number of benzene rings is 1. The molecule has 1 aromatic carbocycles. The van der Waals surface area contributed by atoms with Crippen molar-refractivity contribution in [2.75, 3.05) is 13.1 Å². The summed E-state index contributed by atoms with van der Waals surface area (Å²) >= 11 is 0. The van der Waals surface area contributed by atoms with Gasteiger partial charge in [0.05, 0.1) is 5.56 Å². The summed E-state index contributed by atoms with van der Waals surface area (Å²) in [5.74, 6) is 2.60. The normalized spacial score (nSPS) is 11.3. The zero-order valence-corrected chi connectivity index (χ0v) is 13.9. The first-order valence-electron chi connectivity index (χ1n) is 6.85. The van der Waals surface area contributed by atoms with Gasteiger partial charge in [-0.3, -0.25) is 5.01 Å². The predicted molar refractivity (Wildman–Crippen MR) is 84.1 cm³/mol. The lowest BCUT2D eigenvalue weighted by atomic mass is 10.2. The van der Waals surface area contributed by atoms with Crippen LogP contribution in [0.15, 0.2) is 28.5 Å². The van der Waals surface area contributed by atoms with Gasteiger partial charge >= 0.3 is 0 Å². The van der Waals surface area contributed by atoms with Crippen molar-refractivity contribution in [1.82, 2.24) is 5.01 Å². The van der Waals surface area contributed by atoms with E-state index in [1.165, 1.54) is 6.07 Å². The van der Waals surface area contributed by atoms with E-state index in [9.17, 15) is 4.39 Å². The molecule has 0 aromatic heterocycles. The van der Waals surface area contributed by atoms with Crippen LogP contribution in [0.2, 0.25) is 19.6 Å². The molecule has 0 fully saturated rings. The number of hydrogen-bond donors (Lipinski definition) is 0. The molecule has 1 rings (SSSR count). The molecule has 0 unspecified atom stereocenters. The van der Waals surface area contributed by atoms with Crippen LogP contribution in [0.3, 0.4) is 0 Å². The van der Waals surface area contributed by atoms with Gasteiger partial charge in [0.15, 0.2) is 0 Å². The fourth-order valence-electron chi connectivity index (χ4n) is 1.43. The number of halogens is 1. The summed E-state index contributed by atoms with van der Waals surface area (Å²) in [4.78, 5) is 0. The zero-order valence-electron chi connectivity index (χ0n) is 12.9. The number of rotatable bonds is 4. The van der Waals surface area contributed by atoms with Crippen LogP contribution < -0.4 is 0 Å². The quantitative estimate of drug-likeness (QED) is 0.350. The van der Waals surface area contributed by atoms with Gasteiger partial charge in [-0.15, -0.1) is 10.7 Å². The SMILES string of the molecule is CCN(CC)N=Nc1cccc(F)c1C#C[Si](C)(C)C. The fraction of sp³-hybridized carbons (Fsp3) is 0.467. The lowest BCUT2D eigenvalue weighted by Crippen LogP contribution is -2.16. The third-order valence-corrected chi connectivity index (χ3v) is 3.44. The molecule has 0 N–H and O–H groups in total. The summed E-state index contributed by atoms with van der Waals surface area (Å²) in [5.41, 5.74) is 4.00. The molecular formula is C15H22FN3Si. The summed E-state index contributed by atoms with van der Waals surface area (Å²) in [6.07, 6.45) is 0. The minimum Gasteiger partial charge on any atom is -0.279 e. The van der Waals surface area contributed by atoms with E-state index in [0.29, 0.717) is 11.3 Å². The lowest BCUT2D eigenvalue weighted by Gasteiger charge is -2.11. The van der Waals surface area contributed by atoms with E-state index in [1.54, 1.807) is 17.1 Å². The summed E-state index contributed by atoms with van der Waals surface area (Å²) in [6.45, 7) is 11.9. The molecule has 0 aliphatic rings. The van der Waals surface area contributed by atoms with Crippen LogP contribution in [0, 0.1) is 17.3 Å². The second kappa shape index (κ2) is 7.20. The Morgan fingerprint density at radius 2 is 1.85 bits per heavy atom. The largest absolute Gasteiger partial charge is 0.279 e. The molecule has 0 saturated heterocycles.